The first-order chi connectivity index (χ1) is 11.4. The first-order valence-electron chi connectivity index (χ1n) is 6.48. The molecule has 2 amide bonds. The highest BCUT2D eigenvalue weighted by atomic mass is 35.6. The van der Waals surface area contributed by atoms with E-state index < -0.39 is 20.9 Å². The van der Waals surface area contributed by atoms with E-state index in [4.69, 9.17) is 58.6 Å². The lowest BCUT2D eigenvalue weighted by atomic mass is 10.3. The molecule has 1 aromatic rings. The summed E-state index contributed by atoms with van der Waals surface area (Å²) in [5, 5.41) is 18.5. The Morgan fingerprint density at radius 2 is 1.92 bits per heavy atom. The van der Waals surface area contributed by atoms with Crippen LogP contribution in [0.25, 0.3) is 0 Å². The number of hydrogen-bond donors (Lipinski definition) is 3. The zero-order valence-electron chi connectivity index (χ0n) is 12.8. The average Bonchev–Trinajstić information content (AvgIpc) is 2.47. The molecule has 8 nitrogen and oxygen atoms in total. The third-order valence-corrected chi connectivity index (χ3v) is 3.88. The number of carbonyl (C=O) groups is 1. The number of nitro benzene ring substituents is 1. The molecule has 3 N–H and O–H groups in total. The predicted molar refractivity (Wildman–Crippen MR) is 104 cm³/mol. The summed E-state index contributed by atoms with van der Waals surface area (Å²) in [6, 6.07) is 3.26. The van der Waals surface area contributed by atoms with Crippen LogP contribution in [0.4, 0.5) is 16.2 Å². The monoisotopic (exact) mass is 447 g/mol. The van der Waals surface area contributed by atoms with Crippen molar-refractivity contribution in [1.82, 2.24) is 15.5 Å². The summed E-state index contributed by atoms with van der Waals surface area (Å²) in [5.41, 5.74) is 0.124. The van der Waals surface area contributed by atoms with Gasteiger partial charge < -0.3 is 20.9 Å². The topological polar surface area (TPSA) is 99.5 Å². The van der Waals surface area contributed by atoms with Gasteiger partial charge in [-0.1, -0.05) is 46.4 Å². The van der Waals surface area contributed by atoms with Gasteiger partial charge in [-0.2, -0.15) is 0 Å². The normalized spacial score (nSPS) is 12.1. The number of carbonyl (C=O) groups excluding carboxylic acids is 1. The van der Waals surface area contributed by atoms with Crippen molar-refractivity contribution >= 4 is 81.1 Å². The highest BCUT2D eigenvalue weighted by molar-refractivity contribution is 7.80. The Labute approximate surface area is 168 Å². The van der Waals surface area contributed by atoms with E-state index in [9.17, 15) is 14.9 Å². The smallest absolute Gasteiger partial charge is 0.318 e. The fourth-order valence-electron chi connectivity index (χ4n) is 1.46. The van der Waals surface area contributed by atoms with Gasteiger partial charge in [-0.05, 0) is 18.3 Å². The predicted octanol–water partition coefficient (Wildman–Crippen LogP) is 3.50. The molecule has 0 aliphatic heterocycles. The van der Waals surface area contributed by atoms with E-state index >= 15 is 0 Å². The fourth-order valence-corrected chi connectivity index (χ4v) is 2.24. The van der Waals surface area contributed by atoms with E-state index in [1.807, 2.05) is 0 Å². The molecule has 0 saturated heterocycles. The molecular weight excluding hydrogens is 436 g/mol. The molecule has 25 heavy (non-hydrogen) atoms. The molecule has 0 aliphatic rings. The average molecular weight is 449 g/mol. The minimum Gasteiger partial charge on any atom is -0.339 e. The van der Waals surface area contributed by atoms with Gasteiger partial charge in [0.15, 0.2) is 11.3 Å². The second-order valence-electron chi connectivity index (χ2n) is 4.84. The number of non-ortho nitro benzene ring substituents is 1. The SMILES string of the molecule is CN(C)C(=O)NC(NC(=S)Nc1ccc([N+](=O)[O-])cc1Cl)C(Cl)(Cl)Cl. The van der Waals surface area contributed by atoms with Crippen molar-refractivity contribution in [2.75, 3.05) is 19.4 Å². The summed E-state index contributed by atoms with van der Waals surface area (Å²) in [4.78, 5) is 23.1. The lowest BCUT2D eigenvalue weighted by Gasteiger charge is -2.29. The van der Waals surface area contributed by atoms with Gasteiger partial charge in [0.1, 0.15) is 0 Å². The van der Waals surface area contributed by atoms with Gasteiger partial charge in [-0.15, -0.1) is 0 Å². The summed E-state index contributed by atoms with van der Waals surface area (Å²) in [5.74, 6) is 0. The number of anilines is 1. The molecule has 0 heterocycles. The summed E-state index contributed by atoms with van der Waals surface area (Å²) < 4.78 is -1.91. The summed E-state index contributed by atoms with van der Waals surface area (Å²) >= 11 is 28.5. The first kappa shape index (κ1) is 21.8. The highest BCUT2D eigenvalue weighted by Crippen LogP contribution is 2.30. The molecule has 1 rings (SSSR count). The summed E-state index contributed by atoms with van der Waals surface area (Å²) in [6.45, 7) is 0. The molecule has 0 fully saturated rings. The van der Waals surface area contributed by atoms with Crippen molar-refractivity contribution in [3.05, 3.63) is 33.3 Å². The molecule has 0 saturated carbocycles. The van der Waals surface area contributed by atoms with Crippen LogP contribution in [0.2, 0.25) is 5.02 Å². The van der Waals surface area contributed by atoms with Crippen molar-refractivity contribution in [3.8, 4) is 0 Å². The quantitative estimate of drug-likeness (QED) is 0.214. The third kappa shape index (κ3) is 6.87. The Kier molecular flexibility index (Phi) is 7.76. The number of halogens is 4. The van der Waals surface area contributed by atoms with Crippen molar-refractivity contribution in [2.45, 2.75) is 9.96 Å². The van der Waals surface area contributed by atoms with Crippen LogP contribution in [0, 0.1) is 10.1 Å². The van der Waals surface area contributed by atoms with E-state index in [0.717, 1.165) is 6.07 Å². The van der Waals surface area contributed by atoms with Crippen molar-refractivity contribution in [2.24, 2.45) is 0 Å². The Morgan fingerprint density at radius 3 is 2.36 bits per heavy atom. The van der Waals surface area contributed by atoms with Gasteiger partial charge in [0.05, 0.1) is 15.6 Å². The second kappa shape index (κ2) is 8.91. The Bertz CT molecular complexity index is 683. The fraction of sp³-hybridized carbons (Fsp3) is 0.333. The molecule has 13 heteroatoms. The molecule has 1 aromatic carbocycles. The third-order valence-electron chi connectivity index (χ3n) is 2.69. The number of nitrogens with one attached hydrogen (secondary N) is 3. The number of alkyl halides is 3. The number of nitro groups is 1. The van der Waals surface area contributed by atoms with Gasteiger partial charge in [-0.25, -0.2) is 4.79 Å². The molecular formula is C12H13Cl4N5O3S. The maximum Gasteiger partial charge on any atom is 0.318 e. The summed E-state index contributed by atoms with van der Waals surface area (Å²) in [6.07, 6.45) is -1.15. The standard InChI is InChI=1S/C12H13Cl4N5O3S/c1-20(2)11(22)19-9(12(14,15)16)18-10(25)17-8-4-3-6(21(23)24)5-7(8)13/h3-5,9H,1-2H3,(H,19,22)(H2,17,18,25). The van der Waals surface area contributed by atoms with Crippen molar-refractivity contribution in [3.63, 3.8) is 0 Å². The Morgan fingerprint density at radius 1 is 1.32 bits per heavy atom. The highest BCUT2D eigenvalue weighted by Gasteiger charge is 2.35. The van der Waals surface area contributed by atoms with Crippen LogP contribution < -0.4 is 16.0 Å². The molecule has 1 atom stereocenters. The van der Waals surface area contributed by atoms with E-state index in [2.05, 4.69) is 16.0 Å². The van der Waals surface area contributed by atoms with Crippen LogP contribution in [0.1, 0.15) is 0 Å². The number of hydrogen-bond acceptors (Lipinski definition) is 4. The minimum absolute atomic E-state index is 0.0221. The number of thiocarbonyl (C=S) groups is 1. The number of amides is 2. The van der Waals surface area contributed by atoms with Crippen molar-refractivity contribution in [1.29, 1.82) is 0 Å². The number of nitrogens with zero attached hydrogens (tertiary/aromatic N) is 2. The van der Waals surface area contributed by atoms with Crippen LogP contribution in [0.5, 0.6) is 0 Å². The van der Waals surface area contributed by atoms with Gasteiger partial charge in [0, 0.05) is 26.2 Å². The van der Waals surface area contributed by atoms with Gasteiger partial charge in [-0.3, -0.25) is 10.1 Å². The van der Waals surface area contributed by atoms with Crippen LogP contribution in [0.3, 0.4) is 0 Å². The number of rotatable bonds is 4. The lowest BCUT2D eigenvalue weighted by molar-refractivity contribution is -0.384. The van der Waals surface area contributed by atoms with Gasteiger partial charge >= 0.3 is 6.03 Å². The largest absolute Gasteiger partial charge is 0.339 e. The van der Waals surface area contributed by atoms with E-state index in [1.54, 1.807) is 0 Å². The zero-order chi connectivity index (χ0) is 19.4. The number of benzene rings is 1. The van der Waals surface area contributed by atoms with Gasteiger partial charge in [0.25, 0.3) is 5.69 Å². The van der Waals surface area contributed by atoms with Crippen molar-refractivity contribution < 1.29 is 9.72 Å². The number of urea groups is 1. The van der Waals surface area contributed by atoms with Crippen LogP contribution in [0.15, 0.2) is 18.2 Å². The molecule has 0 spiro atoms. The molecule has 0 aliphatic carbocycles. The maximum atomic E-state index is 11.7. The molecule has 138 valence electrons. The molecule has 1 unspecified atom stereocenters. The van der Waals surface area contributed by atoms with Crippen LogP contribution in [-0.4, -0.2) is 45.0 Å². The molecule has 0 bridgehead atoms. The van der Waals surface area contributed by atoms with E-state index in [1.165, 1.54) is 31.1 Å². The molecule has 0 aromatic heterocycles. The Balaban J connectivity index is 2.84. The Hall–Kier alpha value is -1.26. The zero-order valence-corrected chi connectivity index (χ0v) is 16.7. The second-order valence-corrected chi connectivity index (χ2v) is 8.02. The first-order valence-corrected chi connectivity index (χ1v) is 8.40. The van der Waals surface area contributed by atoms with E-state index in [0.29, 0.717) is 5.69 Å². The summed E-state index contributed by atoms with van der Waals surface area (Å²) in [7, 11) is 3.02. The minimum atomic E-state index is -1.91. The molecule has 0 radical (unpaired) electrons. The van der Waals surface area contributed by atoms with E-state index in [-0.39, 0.29) is 15.8 Å². The van der Waals surface area contributed by atoms with Gasteiger partial charge in [0.2, 0.25) is 3.79 Å². The maximum absolute atomic E-state index is 11.7. The van der Waals surface area contributed by atoms with Crippen LogP contribution in [-0.2, 0) is 0 Å². The lowest BCUT2D eigenvalue weighted by Crippen LogP contribution is -2.57. The van der Waals surface area contributed by atoms with Crippen LogP contribution >= 0.6 is 58.6 Å².